The molecule has 1 heterocycles. The summed E-state index contributed by atoms with van der Waals surface area (Å²) in [5.74, 6) is 0. The molecule has 1 N–H and O–H groups in total. The number of hydrogen-bond acceptors (Lipinski definition) is 4. The molecule has 0 aliphatic carbocycles. The Morgan fingerprint density at radius 2 is 1.63 bits per heavy atom. The number of unbranched alkanes of at least 4 members (excludes halogenated alkanes) is 3. The Kier molecular flexibility index (Phi) is 8.58. The fourth-order valence-electron chi connectivity index (χ4n) is 3.45. The van der Waals surface area contributed by atoms with Gasteiger partial charge in [-0.1, -0.05) is 25.0 Å². The molecule has 0 bridgehead atoms. The van der Waals surface area contributed by atoms with E-state index in [4.69, 9.17) is 4.74 Å². The van der Waals surface area contributed by atoms with Gasteiger partial charge in [0.2, 0.25) is 10.0 Å². The second-order valence-electron chi connectivity index (χ2n) is 7.98. The molecule has 27 heavy (non-hydrogen) atoms. The second-order valence-corrected chi connectivity index (χ2v) is 10.3. The number of morpholine rings is 1. The molecule has 2 rings (SSSR count). The Morgan fingerprint density at radius 1 is 1.04 bits per heavy atom. The van der Waals surface area contributed by atoms with Crippen molar-refractivity contribution in [1.82, 2.24) is 4.72 Å². The van der Waals surface area contributed by atoms with E-state index in [1.165, 1.54) is 11.3 Å². The van der Waals surface area contributed by atoms with Crippen molar-refractivity contribution in [3.05, 3.63) is 29.8 Å². The van der Waals surface area contributed by atoms with Crippen LogP contribution >= 0.6 is 0 Å². The summed E-state index contributed by atoms with van der Waals surface area (Å²) in [4.78, 5) is 2.40. The Bertz CT molecular complexity index is 649. The monoisotopic (exact) mass is 396 g/mol. The highest BCUT2D eigenvalue weighted by Gasteiger charge is 2.22. The van der Waals surface area contributed by atoms with Gasteiger partial charge in [-0.15, -0.1) is 0 Å². The van der Waals surface area contributed by atoms with Crippen LogP contribution in [0.2, 0.25) is 0 Å². The third kappa shape index (κ3) is 7.43. The van der Waals surface area contributed by atoms with Gasteiger partial charge in [0.15, 0.2) is 0 Å². The van der Waals surface area contributed by atoms with Crippen LogP contribution in [0.3, 0.4) is 0 Å². The maximum Gasteiger partial charge on any atom is 0.213 e. The molecule has 0 saturated carbocycles. The van der Waals surface area contributed by atoms with Crippen LogP contribution in [0.5, 0.6) is 0 Å². The summed E-state index contributed by atoms with van der Waals surface area (Å²) in [6, 6.07) is 8.91. The van der Waals surface area contributed by atoms with Gasteiger partial charge in [-0.3, -0.25) is 0 Å². The van der Waals surface area contributed by atoms with Gasteiger partial charge in [-0.2, -0.15) is 0 Å². The number of nitrogens with one attached hydrogen (secondary N) is 1. The molecule has 154 valence electrons. The van der Waals surface area contributed by atoms with Gasteiger partial charge in [0.05, 0.1) is 17.5 Å². The molecule has 5 nitrogen and oxygen atoms in total. The molecule has 1 aromatic rings. The highest BCUT2D eigenvalue weighted by molar-refractivity contribution is 7.90. The number of sulfonamides is 1. The van der Waals surface area contributed by atoms with Crippen molar-refractivity contribution in [3.63, 3.8) is 0 Å². The first-order valence-corrected chi connectivity index (χ1v) is 11.8. The summed E-state index contributed by atoms with van der Waals surface area (Å²) < 4.78 is 31.8. The third-order valence-electron chi connectivity index (χ3n) is 5.04. The van der Waals surface area contributed by atoms with Crippen LogP contribution < -0.4 is 9.62 Å². The van der Waals surface area contributed by atoms with E-state index in [0.29, 0.717) is 6.54 Å². The normalized spacial score (nSPS) is 21.0. The van der Waals surface area contributed by atoms with E-state index in [1.807, 2.05) is 0 Å². The summed E-state index contributed by atoms with van der Waals surface area (Å²) in [6.07, 6.45) is 5.86. The van der Waals surface area contributed by atoms with Gasteiger partial charge < -0.3 is 9.64 Å². The predicted molar refractivity (Wildman–Crippen MR) is 113 cm³/mol. The highest BCUT2D eigenvalue weighted by atomic mass is 32.2. The van der Waals surface area contributed by atoms with Crippen LogP contribution in [-0.4, -0.2) is 45.5 Å². The van der Waals surface area contributed by atoms with E-state index < -0.39 is 10.0 Å². The molecule has 6 heteroatoms. The van der Waals surface area contributed by atoms with Crippen molar-refractivity contribution in [2.24, 2.45) is 0 Å². The molecule has 0 amide bonds. The lowest BCUT2D eigenvalue weighted by Gasteiger charge is -2.36. The molecule has 1 aliphatic heterocycles. The average Bonchev–Trinajstić information content (AvgIpc) is 2.60. The predicted octanol–water partition coefficient (Wildman–Crippen LogP) is 3.73. The number of ether oxygens (including phenoxy) is 1. The Hall–Kier alpha value is -1.11. The largest absolute Gasteiger partial charge is 0.372 e. The topological polar surface area (TPSA) is 58.6 Å². The summed E-state index contributed by atoms with van der Waals surface area (Å²) in [5.41, 5.74) is 2.65. The lowest BCUT2D eigenvalue weighted by molar-refractivity contribution is -0.00521. The minimum absolute atomic E-state index is 0.276. The SMILES string of the molecule is CC1CN(c2ccc(CCCCCCNS(=O)(=O)C(C)C)cc2)CC(C)O1. The Labute approximate surface area is 165 Å². The van der Waals surface area contributed by atoms with E-state index in [0.717, 1.165) is 45.2 Å². The van der Waals surface area contributed by atoms with Crippen LogP contribution in [-0.2, 0) is 21.2 Å². The quantitative estimate of drug-likeness (QED) is 0.612. The molecule has 0 spiro atoms. The first-order valence-electron chi connectivity index (χ1n) is 10.3. The standard InChI is InChI=1S/C21H36N2O3S/c1-17(2)27(24,25)22-14-8-6-5-7-9-20-10-12-21(13-11-20)23-15-18(3)26-19(4)16-23/h10-13,17-19,22H,5-9,14-16H2,1-4H3. The van der Waals surface area contributed by atoms with Crippen LogP contribution in [0.25, 0.3) is 0 Å². The second kappa shape index (κ2) is 10.4. The van der Waals surface area contributed by atoms with Gasteiger partial charge in [0.1, 0.15) is 0 Å². The highest BCUT2D eigenvalue weighted by Crippen LogP contribution is 2.21. The fourth-order valence-corrected chi connectivity index (χ4v) is 4.21. The molecule has 2 unspecified atom stereocenters. The lowest BCUT2D eigenvalue weighted by atomic mass is 10.1. The number of aryl methyl sites for hydroxylation is 1. The lowest BCUT2D eigenvalue weighted by Crippen LogP contribution is -2.45. The van der Waals surface area contributed by atoms with Gasteiger partial charge in [-0.25, -0.2) is 13.1 Å². The van der Waals surface area contributed by atoms with Gasteiger partial charge in [0.25, 0.3) is 0 Å². The average molecular weight is 397 g/mol. The zero-order chi connectivity index (χ0) is 19.9. The molecule has 2 atom stereocenters. The summed E-state index contributed by atoms with van der Waals surface area (Å²) in [5, 5.41) is -0.357. The number of hydrogen-bond donors (Lipinski definition) is 1. The molecule has 1 aliphatic rings. The number of rotatable bonds is 10. The van der Waals surface area contributed by atoms with E-state index >= 15 is 0 Å². The smallest absolute Gasteiger partial charge is 0.213 e. The first-order chi connectivity index (χ1) is 12.8. The van der Waals surface area contributed by atoms with Crippen LogP contribution in [0.1, 0.15) is 58.9 Å². The van der Waals surface area contributed by atoms with Crippen molar-refractivity contribution in [2.45, 2.75) is 77.3 Å². The molecular formula is C21H36N2O3S. The zero-order valence-electron chi connectivity index (χ0n) is 17.3. The zero-order valence-corrected chi connectivity index (χ0v) is 18.1. The van der Waals surface area contributed by atoms with Gasteiger partial charge in [0, 0.05) is 25.3 Å². The minimum Gasteiger partial charge on any atom is -0.372 e. The fraction of sp³-hybridized carbons (Fsp3) is 0.714. The van der Waals surface area contributed by atoms with Crippen molar-refractivity contribution in [3.8, 4) is 0 Å². The third-order valence-corrected chi connectivity index (χ3v) is 6.88. The van der Waals surface area contributed by atoms with E-state index in [2.05, 4.69) is 47.7 Å². The van der Waals surface area contributed by atoms with Gasteiger partial charge >= 0.3 is 0 Å². The van der Waals surface area contributed by atoms with Crippen LogP contribution in [0, 0.1) is 0 Å². The van der Waals surface area contributed by atoms with Crippen molar-refractivity contribution in [1.29, 1.82) is 0 Å². The van der Waals surface area contributed by atoms with Crippen molar-refractivity contribution >= 4 is 15.7 Å². The van der Waals surface area contributed by atoms with Crippen molar-refractivity contribution in [2.75, 3.05) is 24.5 Å². The molecular weight excluding hydrogens is 360 g/mol. The molecule has 1 fully saturated rings. The van der Waals surface area contributed by atoms with E-state index in [-0.39, 0.29) is 17.5 Å². The molecule has 0 aromatic heterocycles. The maximum absolute atomic E-state index is 11.7. The van der Waals surface area contributed by atoms with E-state index in [1.54, 1.807) is 13.8 Å². The minimum atomic E-state index is -3.12. The van der Waals surface area contributed by atoms with Crippen LogP contribution in [0.15, 0.2) is 24.3 Å². The molecule has 1 saturated heterocycles. The summed E-state index contributed by atoms with van der Waals surface area (Å²) in [7, 11) is -3.12. The summed E-state index contributed by atoms with van der Waals surface area (Å²) >= 11 is 0. The molecule has 0 radical (unpaired) electrons. The summed E-state index contributed by atoms with van der Waals surface area (Å²) in [6.45, 7) is 10.1. The first kappa shape index (κ1) is 22.2. The number of nitrogens with zero attached hydrogens (tertiary/aromatic N) is 1. The van der Waals surface area contributed by atoms with Crippen molar-refractivity contribution < 1.29 is 13.2 Å². The maximum atomic E-state index is 11.7. The number of benzene rings is 1. The Balaban J connectivity index is 1.64. The van der Waals surface area contributed by atoms with Gasteiger partial charge in [-0.05, 0) is 64.7 Å². The van der Waals surface area contributed by atoms with E-state index in [9.17, 15) is 8.42 Å². The van der Waals surface area contributed by atoms with Crippen LogP contribution in [0.4, 0.5) is 5.69 Å². The molecule has 1 aromatic carbocycles. The number of anilines is 1. The Morgan fingerprint density at radius 3 is 2.22 bits per heavy atom.